The number of amides is 3. The maximum absolute atomic E-state index is 12.4. The average Bonchev–Trinajstić information content (AvgIpc) is 3.02. The van der Waals surface area contributed by atoms with Gasteiger partial charge >= 0.3 is 6.03 Å². The van der Waals surface area contributed by atoms with Crippen LogP contribution in [-0.2, 0) is 11.2 Å². The van der Waals surface area contributed by atoms with Crippen molar-refractivity contribution in [3.05, 3.63) is 29.8 Å². The molecule has 0 radical (unpaired) electrons. The van der Waals surface area contributed by atoms with Crippen LogP contribution in [0.3, 0.4) is 0 Å². The van der Waals surface area contributed by atoms with Crippen molar-refractivity contribution in [2.75, 3.05) is 18.0 Å². The van der Waals surface area contributed by atoms with Crippen molar-refractivity contribution in [2.24, 2.45) is 0 Å². The van der Waals surface area contributed by atoms with Gasteiger partial charge in [-0.3, -0.25) is 9.69 Å². The molecule has 112 valence electrons. The predicted molar refractivity (Wildman–Crippen MR) is 81.3 cm³/mol. The molecular formula is C16H21N3O2. The van der Waals surface area contributed by atoms with Gasteiger partial charge in [-0.2, -0.15) is 0 Å². The lowest BCUT2D eigenvalue weighted by atomic mass is 10.2. The summed E-state index contributed by atoms with van der Waals surface area (Å²) in [6.07, 6.45) is 1.30. The van der Waals surface area contributed by atoms with Crippen LogP contribution in [0.2, 0.25) is 0 Å². The number of anilines is 1. The van der Waals surface area contributed by atoms with Gasteiger partial charge in [-0.1, -0.05) is 18.2 Å². The SMILES string of the molecule is CC(C)N1CC(NC(=O)N2CCc3ccccc32)CC1=O. The molecule has 3 amide bonds. The van der Waals surface area contributed by atoms with Crippen LogP contribution >= 0.6 is 0 Å². The zero-order valence-corrected chi connectivity index (χ0v) is 12.5. The Morgan fingerprint density at radius 1 is 1.33 bits per heavy atom. The van der Waals surface area contributed by atoms with E-state index in [0.717, 1.165) is 12.1 Å². The van der Waals surface area contributed by atoms with E-state index in [1.54, 1.807) is 4.90 Å². The minimum absolute atomic E-state index is 0.0832. The molecule has 5 nitrogen and oxygen atoms in total. The van der Waals surface area contributed by atoms with Gasteiger partial charge in [-0.15, -0.1) is 0 Å². The monoisotopic (exact) mass is 287 g/mol. The summed E-state index contributed by atoms with van der Waals surface area (Å²) in [7, 11) is 0. The molecular weight excluding hydrogens is 266 g/mol. The highest BCUT2D eigenvalue weighted by molar-refractivity contribution is 5.95. The van der Waals surface area contributed by atoms with Crippen LogP contribution in [0.1, 0.15) is 25.8 Å². The molecule has 0 bridgehead atoms. The second-order valence-corrected chi connectivity index (χ2v) is 6.02. The molecule has 1 aromatic carbocycles. The summed E-state index contributed by atoms with van der Waals surface area (Å²) in [5, 5.41) is 3.00. The summed E-state index contributed by atoms with van der Waals surface area (Å²) in [6.45, 7) is 5.31. The zero-order chi connectivity index (χ0) is 15.0. The van der Waals surface area contributed by atoms with Crippen molar-refractivity contribution >= 4 is 17.6 Å². The minimum Gasteiger partial charge on any atom is -0.338 e. The second kappa shape index (κ2) is 5.39. The lowest BCUT2D eigenvalue weighted by molar-refractivity contribution is -0.129. The van der Waals surface area contributed by atoms with Gasteiger partial charge in [0.1, 0.15) is 0 Å². The van der Waals surface area contributed by atoms with Crippen molar-refractivity contribution in [1.82, 2.24) is 10.2 Å². The Kier molecular flexibility index (Phi) is 3.57. The summed E-state index contributed by atoms with van der Waals surface area (Å²) < 4.78 is 0. The summed E-state index contributed by atoms with van der Waals surface area (Å²) in [5.74, 6) is 0.122. The highest BCUT2D eigenvalue weighted by atomic mass is 16.2. The molecule has 21 heavy (non-hydrogen) atoms. The zero-order valence-electron chi connectivity index (χ0n) is 12.5. The molecule has 1 saturated heterocycles. The number of nitrogens with one attached hydrogen (secondary N) is 1. The number of rotatable bonds is 2. The first-order valence-corrected chi connectivity index (χ1v) is 7.51. The molecule has 1 unspecified atom stereocenters. The number of fused-ring (bicyclic) bond motifs is 1. The highest BCUT2D eigenvalue weighted by Crippen LogP contribution is 2.27. The average molecular weight is 287 g/mol. The number of hydrogen-bond acceptors (Lipinski definition) is 2. The van der Waals surface area contributed by atoms with Crippen LogP contribution in [0, 0.1) is 0 Å². The summed E-state index contributed by atoms with van der Waals surface area (Å²) in [5.41, 5.74) is 2.19. The standard InChI is InChI=1S/C16H21N3O2/c1-11(2)19-10-13(9-15(19)20)17-16(21)18-8-7-12-5-3-4-6-14(12)18/h3-6,11,13H,7-10H2,1-2H3,(H,17,21). The Bertz CT molecular complexity index is 570. The van der Waals surface area contributed by atoms with Gasteiger partial charge in [0.25, 0.3) is 0 Å². The molecule has 1 atom stereocenters. The van der Waals surface area contributed by atoms with Crippen molar-refractivity contribution in [2.45, 2.75) is 38.8 Å². The van der Waals surface area contributed by atoms with E-state index in [4.69, 9.17) is 0 Å². The Hall–Kier alpha value is -2.04. The Labute approximate surface area is 124 Å². The van der Waals surface area contributed by atoms with Crippen LogP contribution in [0.25, 0.3) is 0 Å². The van der Waals surface area contributed by atoms with E-state index in [-0.39, 0.29) is 24.0 Å². The van der Waals surface area contributed by atoms with Gasteiger partial charge in [-0.05, 0) is 31.9 Å². The van der Waals surface area contributed by atoms with Crippen LogP contribution in [0.4, 0.5) is 10.5 Å². The first kappa shape index (κ1) is 13.9. The smallest absolute Gasteiger partial charge is 0.322 e. The quantitative estimate of drug-likeness (QED) is 0.901. The van der Waals surface area contributed by atoms with Crippen LogP contribution in [-0.4, -0.2) is 42.0 Å². The molecule has 1 N–H and O–H groups in total. The summed E-state index contributed by atoms with van der Waals surface area (Å²) >= 11 is 0. The maximum Gasteiger partial charge on any atom is 0.322 e. The highest BCUT2D eigenvalue weighted by Gasteiger charge is 2.34. The fourth-order valence-corrected chi connectivity index (χ4v) is 3.13. The van der Waals surface area contributed by atoms with Gasteiger partial charge in [0, 0.05) is 31.2 Å². The Balaban J connectivity index is 1.65. The molecule has 0 aliphatic carbocycles. The fraction of sp³-hybridized carbons (Fsp3) is 0.500. The third-order valence-corrected chi connectivity index (χ3v) is 4.24. The van der Waals surface area contributed by atoms with Gasteiger partial charge < -0.3 is 10.2 Å². The van der Waals surface area contributed by atoms with Gasteiger partial charge in [-0.25, -0.2) is 4.79 Å². The van der Waals surface area contributed by atoms with E-state index in [0.29, 0.717) is 19.5 Å². The third-order valence-electron chi connectivity index (χ3n) is 4.24. The Morgan fingerprint density at radius 3 is 2.81 bits per heavy atom. The van der Waals surface area contributed by atoms with Crippen molar-refractivity contribution < 1.29 is 9.59 Å². The number of hydrogen-bond donors (Lipinski definition) is 1. The molecule has 0 saturated carbocycles. The van der Waals surface area contributed by atoms with Gasteiger partial charge in [0.2, 0.25) is 5.91 Å². The first-order chi connectivity index (χ1) is 10.1. The van der Waals surface area contributed by atoms with Gasteiger partial charge in [0.05, 0.1) is 6.04 Å². The third kappa shape index (κ3) is 2.60. The van der Waals surface area contributed by atoms with E-state index in [2.05, 4.69) is 11.4 Å². The predicted octanol–water partition coefficient (Wildman–Crippen LogP) is 1.77. The van der Waals surface area contributed by atoms with Crippen LogP contribution in [0.15, 0.2) is 24.3 Å². The van der Waals surface area contributed by atoms with E-state index in [1.807, 2.05) is 36.9 Å². The van der Waals surface area contributed by atoms with Crippen molar-refractivity contribution in [3.8, 4) is 0 Å². The molecule has 0 aromatic heterocycles. The van der Waals surface area contributed by atoms with E-state index in [1.165, 1.54) is 5.56 Å². The number of carbonyl (C=O) groups excluding carboxylic acids is 2. The molecule has 2 aliphatic heterocycles. The van der Waals surface area contributed by atoms with Crippen LogP contribution < -0.4 is 10.2 Å². The minimum atomic E-state index is -0.0941. The molecule has 2 heterocycles. The Morgan fingerprint density at radius 2 is 2.10 bits per heavy atom. The topological polar surface area (TPSA) is 52.7 Å². The maximum atomic E-state index is 12.4. The van der Waals surface area contributed by atoms with Crippen LogP contribution in [0.5, 0.6) is 0 Å². The number of nitrogens with zero attached hydrogens (tertiary/aromatic N) is 2. The van der Waals surface area contributed by atoms with Crippen molar-refractivity contribution in [1.29, 1.82) is 0 Å². The summed E-state index contributed by atoms with van der Waals surface area (Å²) in [4.78, 5) is 27.9. The number of carbonyl (C=O) groups is 2. The largest absolute Gasteiger partial charge is 0.338 e. The second-order valence-electron chi connectivity index (χ2n) is 6.02. The van der Waals surface area contributed by atoms with Crippen molar-refractivity contribution in [3.63, 3.8) is 0 Å². The number of urea groups is 1. The molecule has 2 aliphatic rings. The first-order valence-electron chi connectivity index (χ1n) is 7.51. The molecule has 0 spiro atoms. The molecule has 5 heteroatoms. The molecule has 1 aromatic rings. The van der Waals surface area contributed by atoms with E-state index in [9.17, 15) is 9.59 Å². The van der Waals surface area contributed by atoms with Gasteiger partial charge in [0.15, 0.2) is 0 Å². The molecule has 3 rings (SSSR count). The fourth-order valence-electron chi connectivity index (χ4n) is 3.13. The number of likely N-dealkylation sites (tertiary alicyclic amines) is 1. The molecule has 1 fully saturated rings. The summed E-state index contributed by atoms with van der Waals surface area (Å²) in [6, 6.07) is 7.99. The van der Waals surface area contributed by atoms with E-state index < -0.39 is 0 Å². The normalized spacial score (nSPS) is 21.1. The lowest BCUT2D eigenvalue weighted by Gasteiger charge is -2.23. The number of para-hydroxylation sites is 1. The van der Waals surface area contributed by atoms with E-state index >= 15 is 0 Å². The number of benzene rings is 1. The lowest BCUT2D eigenvalue weighted by Crippen LogP contribution is -2.45.